The summed E-state index contributed by atoms with van der Waals surface area (Å²) in [4.78, 5) is 26.4. The van der Waals surface area contributed by atoms with E-state index in [2.05, 4.69) is 16.6 Å². The molecule has 1 aromatic carbocycles. The number of fused-ring (bicyclic) bond motifs is 1. The normalized spacial score (nSPS) is 20.0. The average Bonchev–Trinajstić information content (AvgIpc) is 3.00. The monoisotopic (exact) mass is 421 g/mol. The molecule has 29 heavy (non-hydrogen) atoms. The number of carbonyl (C=O) groups is 2. The van der Waals surface area contributed by atoms with Crippen LogP contribution in [0, 0.1) is 0 Å². The van der Waals surface area contributed by atoms with Crippen molar-refractivity contribution in [2.24, 2.45) is 4.40 Å². The van der Waals surface area contributed by atoms with Gasteiger partial charge in [-0.2, -0.15) is 8.42 Å². The molecule has 0 aromatic heterocycles. The van der Waals surface area contributed by atoms with Gasteiger partial charge in [-0.05, 0) is 37.8 Å². The highest BCUT2D eigenvalue weighted by Crippen LogP contribution is 2.30. The lowest BCUT2D eigenvalue weighted by molar-refractivity contribution is -0.153. The molecule has 1 amide bonds. The summed E-state index contributed by atoms with van der Waals surface area (Å²) in [6.45, 7) is 2.81. The highest BCUT2D eigenvalue weighted by atomic mass is 32.2. The van der Waals surface area contributed by atoms with E-state index < -0.39 is 22.0 Å². The summed E-state index contributed by atoms with van der Waals surface area (Å²) in [5.41, 5.74) is 0.501. The standard InChI is InChI=1S/C20H27N3O5S/c1-2-3-7-12-21-18(24)14-28-20(25)16-10-6-8-13-23(16)19-15-9-4-5-11-17(15)29(26,27)22-19/h4-5,9,11,16H,2-3,6-8,10,12-14H2,1H3,(H,21,24)/t16-/m1/s1. The zero-order chi connectivity index (χ0) is 20.9. The van der Waals surface area contributed by atoms with Crippen molar-refractivity contribution < 1.29 is 22.7 Å². The third kappa shape index (κ3) is 4.95. The number of piperidine rings is 1. The van der Waals surface area contributed by atoms with E-state index >= 15 is 0 Å². The van der Waals surface area contributed by atoms with Crippen molar-refractivity contribution in [3.63, 3.8) is 0 Å². The van der Waals surface area contributed by atoms with E-state index in [1.54, 1.807) is 23.1 Å². The Kier molecular flexibility index (Phi) is 6.89. The van der Waals surface area contributed by atoms with Gasteiger partial charge in [0.15, 0.2) is 12.4 Å². The van der Waals surface area contributed by atoms with Crippen LogP contribution in [-0.4, -0.2) is 56.8 Å². The van der Waals surface area contributed by atoms with E-state index in [0.29, 0.717) is 25.1 Å². The SMILES string of the molecule is CCCCCNC(=O)COC(=O)[C@H]1CCCCN1C1=NS(=O)(=O)c2ccccc21. The number of hydrogen-bond donors (Lipinski definition) is 1. The van der Waals surface area contributed by atoms with Gasteiger partial charge < -0.3 is 15.0 Å². The number of amidine groups is 1. The predicted molar refractivity (Wildman–Crippen MR) is 108 cm³/mol. The molecule has 1 aromatic rings. The van der Waals surface area contributed by atoms with Crippen LogP contribution in [0.4, 0.5) is 0 Å². The molecular weight excluding hydrogens is 394 g/mol. The van der Waals surface area contributed by atoms with Crippen LogP contribution in [0.3, 0.4) is 0 Å². The van der Waals surface area contributed by atoms with Gasteiger partial charge in [0, 0.05) is 18.7 Å². The zero-order valence-electron chi connectivity index (χ0n) is 16.6. The van der Waals surface area contributed by atoms with Crippen LogP contribution in [0.15, 0.2) is 33.6 Å². The Labute approximate surface area is 171 Å². The quantitative estimate of drug-likeness (QED) is 0.532. The van der Waals surface area contributed by atoms with E-state index in [0.717, 1.165) is 32.1 Å². The molecule has 8 nitrogen and oxygen atoms in total. The Morgan fingerprint density at radius 2 is 2.03 bits per heavy atom. The number of hydrogen-bond acceptors (Lipinski definition) is 6. The van der Waals surface area contributed by atoms with Crippen LogP contribution in [-0.2, 0) is 24.3 Å². The van der Waals surface area contributed by atoms with Crippen molar-refractivity contribution in [1.82, 2.24) is 10.2 Å². The minimum atomic E-state index is -3.76. The molecule has 0 unspecified atom stereocenters. The van der Waals surface area contributed by atoms with Gasteiger partial charge in [-0.25, -0.2) is 4.79 Å². The molecule has 1 fully saturated rings. The van der Waals surface area contributed by atoms with Gasteiger partial charge in [0.2, 0.25) is 0 Å². The van der Waals surface area contributed by atoms with Gasteiger partial charge in [0.05, 0.1) is 0 Å². The van der Waals surface area contributed by atoms with E-state index in [1.165, 1.54) is 6.07 Å². The minimum Gasteiger partial charge on any atom is -0.454 e. The largest absolute Gasteiger partial charge is 0.454 e. The first-order valence-corrected chi connectivity index (χ1v) is 11.5. The Morgan fingerprint density at radius 1 is 1.24 bits per heavy atom. The first-order chi connectivity index (χ1) is 13.9. The Hall–Kier alpha value is -2.42. The molecule has 2 aliphatic heterocycles. The molecule has 0 bridgehead atoms. The highest BCUT2D eigenvalue weighted by Gasteiger charge is 2.38. The van der Waals surface area contributed by atoms with Crippen molar-refractivity contribution >= 4 is 27.7 Å². The fourth-order valence-corrected chi connectivity index (χ4v) is 4.83. The molecule has 1 atom stereocenters. The predicted octanol–water partition coefficient (Wildman–Crippen LogP) is 1.84. The number of sulfonamides is 1. The second-order valence-electron chi connectivity index (χ2n) is 7.26. The number of nitrogens with zero attached hydrogens (tertiary/aromatic N) is 2. The Balaban J connectivity index is 1.66. The molecule has 9 heteroatoms. The van der Waals surface area contributed by atoms with Gasteiger partial charge in [0.1, 0.15) is 10.9 Å². The van der Waals surface area contributed by atoms with E-state index in [4.69, 9.17) is 4.74 Å². The van der Waals surface area contributed by atoms with Crippen molar-refractivity contribution in [3.05, 3.63) is 29.8 Å². The number of likely N-dealkylation sites (tertiary alicyclic amines) is 1. The number of carbonyl (C=O) groups excluding carboxylic acids is 2. The fraction of sp³-hybridized carbons (Fsp3) is 0.550. The first-order valence-electron chi connectivity index (χ1n) is 10.1. The lowest BCUT2D eigenvalue weighted by atomic mass is 10.0. The topological polar surface area (TPSA) is 105 Å². The van der Waals surface area contributed by atoms with Crippen LogP contribution in [0.2, 0.25) is 0 Å². The summed E-state index contributed by atoms with van der Waals surface area (Å²) in [5.74, 6) is -0.577. The molecule has 1 saturated heterocycles. The average molecular weight is 422 g/mol. The maximum Gasteiger partial charge on any atom is 0.329 e. The maximum absolute atomic E-state index is 12.7. The number of rotatable bonds is 7. The highest BCUT2D eigenvalue weighted by molar-refractivity contribution is 7.90. The van der Waals surface area contributed by atoms with Crippen LogP contribution in [0.1, 0.15) is 51.0 Å². The molecule has 0 spiro atoms. The van der Waals surface area contributed by atoms with Crippen molar-refractivity contribution in [2.75, 3.05) is 19.7 Å². The summed E-state index contributed by atoms with van der Waals surface area (Å²) in [6, 6.07) is 5.95. The molecule has 3 rings (SSSR count). The summed E-state index contributed by atoms with van der Waals surface area (Å²) in [6.07, 6.45) is 5.15. The van der Waals surface area contributed by atoms with Gasteiger partial charge in [-0.1, -0.05) is 31.9 Å². The van der Waals surface area contributed by atoms with Crippen molar-refractivity contribution in [3.8, 4) is 0 Å². The maximum atomic E-state index is 12.7. The number of nitrogens with one attached hydrogen (secondary N) is 1. The zero-order valence-corrected chi connectivity index (χ0v) is 17.4. The lowest BCUT2D eigenvalue weighted by Gasteiger charge is -2.35. The van der Waals surface area contributed by atoms with Crippen molar-refractivity contribution in [1.29, 1.82) is 0 Å². The van der Waals surface area contributed by atoms with Gasteiger partial charge in [-0.15, -0.1) is 4.40 Å². The summed E-state index contributed by atoms with van der Waals surface area (Å²) in [7, 11) is -3.76. The first kappa shape index (κ1) is 21.3. The molecule has 158 valence electrons. The summed E-state index contributed by atoms with van der Waals surface area (Å²) in [5, 5.41) is 2.73. The van der Waals surface area contributed by atoms with E-state index in [1.807, 2.05) is 0 Å². The molecule has 2 aliphatic rings. The van der Waals surface area contributed by atoms with Crippen LogP contribution in [0.25, 0.3) is 0 Å². The third-order valence-corrected chi connectivity index (χ3v) is 6.43. The number of ether oxygens (including phenoxy) is 1. The number of amides is 1. The van der Waals surface area contributed by atoms with E-state index in [9.17, 15) is 18.0 Å². The molecule has 1 N–H and O–H groups in total. The third-order valence-electron chi connectivity index (χ3n) is 5.11. The molecule has 0 saturated carbocycles. The van der Waals surface area contributed by atoms with Crippen molar-refractivity contribution in [2.45, 2.75) is 56.4 Å². The van der Waals surface area contributed by atoms with Gasteiger partial charge in [-0.3, -0.25) is 4.79 Å². The fourth-order valence-electron chi connectivity index (χ4n) is 3.61. The molecule has 2 heterocycles. The smallest absolute Gasteiger partial charge is 0.329 e. The van der Waals surface area contributed by atoms with Crippen LogP contribution >= 0.6 is 0 Å². The lowest BCUT2D eigenvalue weighted by Crippen LogP contribution is -2.49. The van der Waals surface area contributed by atoms with Gasteiger partial charge in [0.25, 0.3) is 15.9 Å². The van der Waals surface area contributed by atoms with E-state index in [-0.39, 0.29) is 23.2 Å². The molecule has 0 aliphatic carbocycles. The molecular formula is C20H27N3O5S. The summed E-state index contributed by atoms with van der Waals surface area (Å²) >= 11 is 0. The number of unbranched alkanes of at least 4 members (excludes halogenated alkanes) is 2. The Bertz CT molecular complexity index is 897. The second kappa shape index (κ2) is 9.39. The number of esters is 1. The summed E-state index contributed by atoms with van der Waals surface area (Å²) < 4.78 is 33.9. The second-order valence-corrected chi connectivity index (χ2v) is 8.83. The Morgan fingerprint density at radius 3 is 2.83 bits per heavy atom. The van der Waals surface area contributed by atoms with Crippen LogP contribution in [0.5, 0.6) is 0 Å². The van der Waals surface area contributed by atoms with Crippen LogP contribution < -0.4 is 5.32 Å². The minimum absolute atomic E-state index is 0.152. The molecule has 0 radical (unpaired) electrons. The number of benzene rings is 1. The van der Waals surface area contributed by atoms with Gasteiger partial charge >= 0.3 is 5.97 Å².